The van der Waals surface area contributed by atoms with Crippen LogP contribution in [0.15, 0.2) is 20.5 Å². The van der Waals surface area contributed by atoms with Gasteiger partial charge in [-0.2, -0.15) is 9.61 Å². The Labute approximate surface area is 163 Å². The van der Waals surface area contributed by atoms with Crippen molar-refractivity contribution in [3.8, 4) is 0 Å². The van der Waals surface area contributed by atoms with E-state index in [0.29, 0.717) is 40.4 Å². The summed E-state index contributed by atoms with van der Waals surface area (Å²) in [4.78, 5) is 17.2. The smallest absolute Gasteiger partial charge is 0.276 e. The first-order valence-corrected chi connectivity index (χ1v) is 12.1. The number of thioether (sulfide) groups is 1. The van der Waals surface area contributed by atoms with Crippen LogP contribution in [0.25, 0.3) is 4.96 Å². The monoisotopic (exact) mass is 427 g/mol. The van der Waals surface area contributed by atoms with E-state index in [1.807, 2.05) is 6.92 Å². The third-order valence-electron chi connectivity index (χ3n) is 4.22. The molecule has 0 bridgehead atoms. The highest BCUT2D eigenvalue weighted by Crippen LogP contribution is 2.25. The lowest BCUT2D eigenvalue weighted by molar-refractivity contribution is 0.389. The predicted octanol–water partition coefficient (Wildman–Crippen LogP) is 1.37. The molecule has 0 amide bonds. The molecular formula is C15H17N5O4S3. The van der Waals surface area contributed by atoms with Crippen molar-refractivity contribution in [2.45, 2.75) is 37.2 Å². The Bertz CT molecular complexity index is 1130. The Morgan fingerprint density at radius 3 is 3.00 bits per heavy atom. The highest BCUT2D eigenvalue weighted by Gasteiger charge is 2.29. The minimum absolute atomic E-state index is 0.0384. The lowest BCUT2D eigenvalue weighted by Gasteiger charge is -2.01. The van der Waals surface area contributed by atoms with E-state index in [0.717, 1.165) is 11.4 Å². The summed E-state index contributed by atoms with van der Waals surface area (Å²) in [6.45, 7) is 1.98. The highest BCUT2D eigenvalue weighted by molar-refractivity contribution is 7.98. The first-order chi connectivity index (χ1) is 12.9. The molecular weight excluding hydrogens is 410 g/mol. The molecule has 1 saturated heterocycles. The number of hydrogen-bond donors (Lipinski definition) is 0. The van der Waals surface area contributed by atoms with Gasteiger partial charge in [-0.3, -0.25) is 4.79 Å². The van der Waals surface area contributed by atoms with E-state index in [1.54, 1.807) is 0 Å². The maximum absolute atomic E-state index is 12.1. The number of aromatic nitrogens is 5. The van der Waals surface area contributed by atoms with Gasteiger partial charge in [-0.15, -0.1) is 10.2 Å². The lowest BCUT2D eigenvalue weighted by Crippen LogP contribution is -2.15. The molecule has 4 heterocycles. The summed E-state index contributed by atoms with van der Waals surface area (Å²) in [5.74, 6) is 1.31. The fourth-order valence-electron chi connectivity index (χ4n) is 2.91. The number of rotatable bonds is 6. The molecule has 0 aliphatic carbocycles. The quantitative estimate of drug-likeness (QED) is 0.537. The second kappa shape index (κ2) is 7.32. The molecule has 0 spiro atoms. The van der Waals surface area contributed by atoms with Gasteiger partial charge in [-0.05, 0) is 18.8 Å². The first-order valence-electron chi connectivity index (χ1n) is 8.46. The van der Waals surface area contributed by atoms with Crippen molar-refractivity contribution in [2.24, 2.45) is 5.92 Å². The second-order valence-corrected chi connectivity index (χ2v) is 10.5. The van der Waals surface area contributed by atoms with Crippen LogP contribution in [0, 0.1) is 5.92 Å². The van der Waals surface area contributed by atoms with Crippen molar-refractivity contribution in [3.63, 3.8) is 0 Å². The van der Waals surface area contributed by atoms with Gasteiger partial charge in [0.1, 0.15) is 5.01 Å². The number of hydrogen-bond acceptors (Lipinski definition) is 10. The van der Waals surface area contributed by atoms with Crippen LogP contribution in [0.2, 0.25) is 0 Å². The molecule has 0 saturated carbocycles. The summed E-state index contributed by atoms with van der Waals surface area (Å²) in [7, 11) is -2.92. The third-order valence-corrected chi connectivity index (χ3v) is 7.97. The normalized spacial score (nSPS) is 19.1. The zero-order valence-electron chi connectivity index (χ0n) is 14.5. The van der Waals surface area contributed by atoms with Crippen LogP contribution in [0.1, 0.15) is 29.9 Å². The maximum atomic E-state index is 12.1. The average molecular weight is 428 g/mol. The van der Waals surface area contributed by atoms with Crippen LogP contribution in [0.4, 0.5) is 0 Å². The molecule has 0 unspecified atom stereocenters. The zero-order chi connectivity index (χ0) is 19.0. The maximum Gasteiger partial charge on any atom is 0.276 e. The molecule has 144 valence electrons. The van der Waals surface area contributed by atoms with Crippen molar-refractivity contribution < 1.29 is 12.8 Å². The van der Waals surface area contributed by atoms with E-state index < -0.39 is 9.84 Å². The Hall–Kier alpha value is -1.79. The molecule has 1 fully saturated rings. The van der Waals surface area contributed by atoms with Crippen LogP contribution in [-0.2, 0) is 28.4 Å². The molecule has 0 N–H and O–H groups in total. The molecule has 1 aliphatic rings. The van der Waals surface area contributed by atoms with Crippen molar-refractivity contribution in [2.75, 3.05) is 11.5 Å². The Balaban J connectivity index is 1.41. The fraction of sp³-hybridized carbons (Fsp3) is 0.533. The highest BCUT2D eigenvalue weighted by atomic mass is 32.2. The predicted molar refractivity (Wildman–Crippen MR) is 101 cm³/mol. The van der Waals surface area contributed by atoms with E-state index in [1.165, 1.54) is 33.7 Å². The van der Waals surface area contributed by atoms with Gasteiger partial charge in [0.05, 0.1) is 17.2 Å². The molecule has 3 aromatic heterocycles. The van der Waals surface area contributed by atoms with Crippen molar-refractivity contribution in [1.82, 2.24) is 24.8 Å². The van der Waals surface area contributed by atoms with Crippen LogP contribution >= 0.6 is 23.1 Å². The molecule has 0 aromatic carbocycles. The zero-order valence-corrected chi connectivity index (χ0v) is 16.9. The Kier molecular flexibility index (Phi) is 5.03. The van der Waals surface area contributed by atoms with Gasteiger partial charge in [0.25, 0.3) is 10.8 Å². The summed E-state index contributed by atoms with van der Waals surface area (Å²) >= 11 is 2.70. The molecule has 27 heavy (non-hydrogen) atoms. The van der Waals surface area contributed by atoms with E-state index in [2.05, 4.69) is 20.3 Å². The molecule has 12 heteroatoms. The topological polar surface area (TPSA) is 120 Å². The third kappa shape index (κ3) is 4.22. The van der Waals surface area contributed by atoms with Crippen LogP contribution < -0.4 is 5.56 Å². The molecule has 1 aliphatic heterocycles. The number of sulfone groups is 1. The van der Waals surface area contributed by atoms with Crippen molar-refractivity contribution in [3.05, 3.63) is 33.0 Å². The van der Waals surface area contributed by atoms with Gasteiger partial charge < -0.3 is 4.42 Å². The summed E-state index contributed by atoms with van der Waals surface area (Å²) in [6, 6.07) is 1.46. The molecule has 0 radical (unpaired) electrons. The second-order valence-electron chi connectivity index (χ2n) is 6.35. The standard InChI is InChI=1S/C15H17N5O4S3/c1-2-12-19-20-13(21)6-10(16-14(20)26-12)7-25-15-18-17-11(24-15)5-9-3-4-27(22,23)8-9/h6,9H,2-5,7-8H2,1H3/t9-/m0/s1. The minimum atomic E-state index is -2.92. The molecule has 1 atom stereocenters. The van der Waals surface area contributed by atoms with Gasteiger partial charge in [-0.1, -0.05) is 30.0 Å². The van der Waals surface area contributed by atoms with E-state index >= 15 is 0 Å². The van der Waals surface area contributed by atoms with Crippen LogP contribution in [0.3, 0.4) is 0 Å². The van der Waals surface area contributed by atoms with Gasteiger partial charge in [-0.25, -0.2) is 13.4 Å². The lowest BCUT2D eigenvalue weighted by atomic mass is 10.1. The first kappa shape index (κ1) is 18.6. The van der Waals surface area contributed by atoms with E-state index in [-0.39, 0.29) is 23.0 Å². The Morgan fingerprint density at radius 2 is 2.26 bits per heavy atom. The summed E-state index contributed by atoms with van der Waals surface area (Å²) in [6.07, 6.45) is 1.86. The van der Waals surface area contributed by atoms with Crippen LogP contribution in [-0.4, -0.2) is 44.7 Å². The molecule has 4 rings (SSSR count). The van der Waals surface area contributed by atoms with E-state index in [9.17, 15) is 13.2 Å². The van der Waals surface area contributed by atoms with Crippen LogP contribution in [0.5, 0.6) is 0 Å². The van der Waals surface area contributed by atoms with Gasteiger partial charge in [0.2, 0.25) is 10.9 Å². The van der Waals surface area contributed by atoms with Gasteiger partial charge in [0.15, 0.2) is 9.84 Å². The fourth-order valence-corrected chi connectivity index (χ4v) is 6.30. The van der Waals surface area contributed by atoms with Gasteiger partial charge >= 0.3 is 0 Å². The number of nitrogens with zero attached hydrogens (tertiary/aromatic N) is 5. The summed E-state index contributed by atoms with van der Waals surface area (Å²) < 4.78 is 30.0. The number of fused-ring (bicyclic) bond motifs is 1. The number of aryl methyl sites for hydroxylation is 1. The largest absolute Gasteiger partial charge is 0.416 e. The van der Waals surface area contributed by atoms with Crippen molar-refractivity contribution >= 4 is 37.9 Å². The average Bonchev–Trinajstić information content (AvgIpc) is 3.32. The van der Waals surface area contributed by atoms with Gasteiger partial charge in [0, 0.05) is 18.2 Å². The SMILES string of the molecule is CCc1nn2c(=O)cc(CSc3nnc(C[C@@H]4CCS(=O)(=O)C4)o3)nc2s1. The van der Waals surface area contributed by atoms with Crippen molar-refractivity contribution in [1.29, 1.82) is 0 Å². The van der Waals surface area contributed by atoms with E-state index in [4.69, 9.17) is 4.42 Å². The summed E-state index contributed by atoms with van der Waals surface area (Å²) in [5, 5.41) is 13.4. The summed E-state index contributed by atoms with van der Waals surface area (Å²) in [5.41, 5.74) is 0.415. The molecule has 3 aromatic rings. The Morgan fingerprint density at radius 1 is 1.41 bits per heavy atom. The molecule has 9 nitrogen and oxygen atoms in total. The minimum Gasteiger partial charge on any atom is -0.416 e.